The number of esters is 2. The molecular weight excluding hydrogens is 236 g/mol. The van der Waals surface area contributed by atoms with Gasteiger partial charge < -0.3 is 14.6 Å². The molecule has 18 heavy (non-hydrogen) atoms. The monoisotopic (exact) mass is 258 g/mol. The maximum Gasteiger partial charge on any atom is 0.320 e. The van der Waals surface area contributed by atoms with Gasteiger partial charge in [-0.1, -0.05) is 12.2 Å². The maximum absolute atomic E-state index is 11.6. The van der Waals surface area contributed by atoms with Gasteiger partial charge in [0.2, 0.25) is 0 Å². The molecule has 0 aromatic heterocycles. The molecule has 0 spiro atoms. The molecule has 0 radical (unpaired) electrons. The van der Waals surface area contributed by atoms with Crippen LogP contribution < -0.4 is 0 Å². The topological polar surface area (TPSA) is 72.8 Å². The number of carbonyl (C=O) groups excluding carboxylic acids is 2. The number of carbonyl (C=O) groups is 2. The summed E-state index contributed by atoms with van der Waals surface area (Å²) in [5.74, 6) is -1.99. The zero-order valence-corrected chi connectivity index (χ0v) is 11.2. The number of hydrogen-bond donors (Lipinski definition) is 1. The summed E-state index contributed by atoms with van der Waals surface area (Å²) in [4.78, 5) is 23.2. The zero-order valence-electron chi connectivity index (χ0n) is 11.2. The molecule has 0 heterocycles. The van der Waals surface area contributed by atoms with Crippen LogP contribution in [0.3, 0.4) is 0 Å². The van der Waals surface area contributed by atoms with Gasteiger partial charge >= 0.3 is 11.9 Å². The molecule has 0 aliphatic rings. The fraction of sp³-hybridized carbons (Fsp3) is 0.692. The lowest BCUT2D eigenvalue weighted by atomic mass is 10.0. The van der Waals surface area contributed by atoms with E-state index in [1.54, 1.807) is 32.9 Å². The van der Waals surface area contributed by atoms with Crippen molar-refractivity contribution < 1.29 is 24.2 Å². The molecule has 0 saturated carbocycles. The Balaban J connectivity index is 4.38. The third kappa shape index (κ3) is 7.06. The van der Waals surface area contributed by atoms with E-state index in [4.69, 9.17) is 14.6 Å². The van der Waals surface area contributed by atoms with Gasteiger partial charge in [-0.2, -0.15) is 0 Å². The van der Waals surface area contributed by atoms with Crippen LogP contribution in [0, 0.1) is 5.92 Å². The van der Waals surface area contributed by atoms with Gasteiger partial charge in [-0.25, -0.2) is 0 Å². The van der Waals surface area contributed by atoms with E-state index in [1.807, 2.05) is 0 Å². The van der Waals surface area contributed by atoms with E-state index in [9.17, 15) is 9.59 Å². The minimum Gasteiger partial charge on any atom is -0.465 e. The van der Waals surface area contributed by atoms with Crippen LogP contribution in [0.1, 0.15) is 33.6 Å². The average molecular weight is 258 g/mol. The molecule has 0 aliphatic carbocycles. The molecule has 1 unspecified atom stereocenters. The summed E-state index contributed by atoms with van der Waals surface area (Å²) in [6.07, 6.45) is 3.63. The van der Waals surface area contributed by atoms with E-state index in [2.05, 4.69) is 0 Å². The number of aliphatic hydroxyl groups excluding tert-OH is 1. The highest BCUT2D eigenvalue weighted by atomic mass is 16.6. The molecule has 5 heteroatoms. The van der Waals surface area contributed by atoms with Crippen molar-refractivity contribution in [1.82, 2.24) is 0 Å². The van der Waals surface area contributed by atoms with Crippen molar-refractivity contribution in [2.24, 2.45) is 5.92 Å². The Morgan fingerprint density at radius 1 is 1.17 bits per heavy atom. The molecule has 0 saturated heterocycles. The van der Waals surface area contributed by atoms with Crippen LogP contribution in [0.5, 0.6) is 0 Å². The number of rotatable bonds is 8. The van der Waals surface area contributed by atoms with Gasteiger partial charge in [0.25, 0.3) is 0 Å². The lowest BCUT2D eigenvalue weighted by Gasteiger charge is -2.13. The quantitative estimate of drug-likeness (QED) is 0.405. The molecule has 5 nitrogen and oxygen atoms in total. The van der Waals surface area contributed by atoms with E-state index < -0.39 is 24.0 Å². The Labute approximate surface area is 108 Å². The highest BCUT2D eigenvalue weighted by Crippen LogP contribution is 2.12. The Morgan fingerprint density at radius 2 is 1.67 bits per heavy atom. The number of aliphatic hydroxyl groups is 1. The predicted octanol–water partition coefficient (Wildman–Crippen LogP) is 1.45. The van der Waals surface area contributed by atoms with Crippen LogP contribution in [0.15, 0.2) is 12.2 Å². The summed E-state index contributed by atoms with van der Waals surface area (Å²) in [5, 5.41) is 9.03. The summed E-state index contributed by atoms with van der Waals surface area (Å²) >= 11 is 0. The molecule has 0 aromatic carbocycles. The second-order valence-corrected chi connectivity index (χ2v) is 3.80. The van der Waals surface area contributed by atoms with E-state index in [0.29, 0.717) is 12.8 Å². The molecule has 0 fully saturated rings. The van der Waals surface area contributed by atoms with Gasteiger partial charge in [-0.3, -0.25) is 9.59 Å². The Morgan fingerprint density at radius 3 is 2.06 bits per heavy atom. The fourth-order valence-electron chi connectivity index (χ4n) is 1.37. The standard InChI is InChI=1S/C13H22O5/c1-4-17-12(15)11(13(16)18-5-2)9-7-6-8-10(3)14/h6,8,10-11,14H,4-5,7,9H2,1-3H3/b8-6+. The van der Waals surface area contributed by atoms with Crippen molar-refractivity contribution in [3.05, 3.63) is 12.2 Å². The smallest absolute Gasteiger partial charge is 0.320 e. The Kier molecular flexibility index (Phi) is 8.92. The molecule has 0 aliphatic heterocycles. The summed E-state index contributed by atoms with van der Waals surface area (Å²) in [6.45, 7) is 5.47. The van der Waals surface area contributed by atoms with Crippen molar-refractivity contribution in [3.63, 3.8) is 0 Å². The van der Waals surface area contributed by atoms with Gasteiger partial charge in [-0.05, 0) is 33.6 Å². The zero-order chi connectivity index (χ0) is 14.0. The largest absolute Gasteiger partial charge is 0.465 e. The molecule has 0 amide bonds. The van der Waals surface area contributed by atoms with Crippen LogP contribution in [-0.2, 0) is 19.1 Å². The van der Waals surface area contributed by atoms with Gasteiger partial charge in [0.15, 0.2) is 5.92 Å². The van der Waals surface area contributed by atoms with Crippen molar-refractivity contribution in [1.29, 1.82) is 0 Å². The first-order chi connectivity index (χ1) is 8.52. The second kappa shape index (κ2) is 9.65. The normalized spacial score (nSPS) is 12.7. The van der Waals surface area contributed by atoms with Gasteiger partial charge in [0, 0.05) is 0 Å². The lowest BCUT2D eigenvalue weighted by molar-refractivity contribution is -0.161. The Hall–Kier alpha value is -1.36. The number of ether oxygens (including phenoxy) is 2. The molecule has 0 bridgehead atoms. The van der Waals surface area contributed by atoms with E-state index in [1.165, 1.54) is 0 Å². The van der Waals surface area contributed by atoms with E-state index in [-0.39, 0.29) is 13.2 Å². The van der Waals surface area contributed by atoms with Crippen LogP contribution in [0.25, 0.3) is 0 Å². The van der Waals surface area contributed by atoms with Gasteiger partial charge in [-0.15, -0.1) is 0 Å². The van der Waals surface area contributed by atoms with Gasteiger partial charge in [0.05, 0.1) is 19.3 Å². The summed E-state index contributed by atoms with van der Waals surface area (Å²) in [7, 11) is 0. The van der Waals surface area contributed by atoms with Crippen LogP contribution >= 0.6 is 0 Å². The minimum absolute atomic E-state index is 0.234. The van der Waals surface area contributed by atoms with Gasteiger partial charge in [0.1, 0.15) is 0 Å². The maximum atomic E-state index is 11.6. The third-order valence-corrected chi connectivity index (χ3v) is 2.18. The van der Waals surface area contributed by atoms with Crippen molar-refractivity contribution in [2.45, 2.75) is 39.7 Å². The van der Waals surface area contributed by atoms with E-state index >= 15 is 0 Å². The first-order valence-corrected chi connectivity index (χ1v) is 6.20. The second-order valence-electron chi connectivity index (χ2n) is 3.80. The fourth-order valence-corrected chi connectivity index (χ4v) is 1.37. The summed E-state index contributed by atoms with van der Waals surface area (Å²) < 4.78 is 9.67. The van der Waals surface area contributed by atoms with E-state index in [0.717, 1.165) is 0 Å². The van der Waals surface area contributed by atoms with Crippen LogP contribution in [0.4, 0.5) is 0 Å². The lowest BCUT2D eigenvalue weighted by Crippen LogP contribution is -2.28. The summed E-state index contributed by atoms with van der Waals surface area (Å²) in [5.41, 5.74) is 0. The first-order valence-electron chi connectivity index (χ1n) is 6.20. The molecular formula is C13H22O5. The predicted molar refractivity (Wildman–Crippen MR) is 66.8 cm³/mol. The minimum atomic E-state index is -0.886. The molecule has 1 N–H and O–H groups in total. The van der Waals surface area contributed by atoms with Crippen LogP contribution in [0.2, 0.25) is 0 Å². The molecule has 1 atom stereocenters. The highest BCUT2D eigenvalue weighted by molar-refractivity contribution is 5.94. The SMILES string of the molecule is CCOC(=O)C(CC/C=C/C(C)O)C(=O)OCC. The first kappa shape index (κ1) is 16.6. The van der Waals surface area contributed by atoms with Crippen molar-refractivity contribution in [2.75, 3.05) is 13.2 Å². The molecule has 0 aromatic rings. The third-order valence-electron chi connectivity index (χ3n) is 2.18. The van der Waals surface area contributed by atoms with Crippen molar-refractivity contribution >= 4 is 11.9 Å². The van der Waals surface area contributed by atoms with Crippen molar-refractivity contribution in [3.8, 4) is 0 Å². The number of allylic oxidation sites excluding steroid dienone is 1. The highest BCUT2D eigenvalue weighted by Gasteiger charge is 2.28. The Bertz CT molecular complexity index is 265. The summed E-state index contributed by atoms with van der Waals surface area (Å²) in [6, 6.07) is 0. The number of hydrogen-bond acceptors (Lipinski definition) is 5. The average Bonchev–Trinajstić information content (AvgIpc) is 2.28. The molecule has 0 rings (SSSR count). The van der Waals surface area contributed by atoms with Crippen LogP contribution in [-0.4, -0.2) is 36.4 Å². The molecule has 104 valence electrons.